The van der Waals surface area contributed by atoms with Crippen LogP contribution in [0.3, 0.4) is 0 Å². The lowest BCUT2D eigenvalue weighted by Gasteiger charge is -2.39. The number of morpholine rings is 1. The molecule has 2 fully saturated rings. The quantitative estimate of drug-likeness (QED) is 0.789. The lowest BCUT2D eigenvalue weighted by atomic mass is 10.00. The molecular weight excluding hydrogens is 310 g/mol. The Hall–Kier alpha value is -1.11. The number of piperidine rings is 1. The van der Waals surface area contributed by atoms with Crippen molar-refractivity contribution >= 4 is 17.7 Å². The molecule has 126 valence electrons. The highest BCUT2D eigenvalue weighted by atomic mass is 32.2. The van der Waals surface area contributed by atoms with Crippen LogP contribution in [0.15, 0.2) is 23.4 Å². The second-order valence-electron chi connectivity index (χ2n) is 6.12. The zero-order chi connectivity index (χ0) is 16.1. The van der Waals surface area contributed by atoms with Crippen LogP contribution in [0.2, 0.25) is 0 Å². The van der Waals surface area contributed by atoms with Crippen molar-refractivity contribution in [3.63, 3.8) is 0 Å². The van der Waals surface area contributed by atoms with Crippen LogP contribution in [0.25, 0.3) is 0 Å². The predicted octanol–water partition coefficient (Wildman–Crippen LogP) is 2.13. The standard InChI is InChI=1S/C17H25N3O2S/c1-23-16-15(6-4-7-18-16)17(21)20-8-3-2-5-14(20)13-19-9-11-22-12-10-19/h4,6-7,14H,2-3,5,8-13H2,1H3/t14-/m0/s1. The number of nitrogens with zero attached hydrogens (tertiary/aromatic N) is 3. The fraction of sp³-hybridized carbons (Fsp3) is 0.647. The Morgan fingerprint density at radius 2 is 2.17 bits per heavy atom. The molecule has 0 radical (unpaired) electrons. The molecule has 0 unspecified atom stereocenters. The Bertz CT molecular complexity index is 534. The van der Waals surface area contributed by atoms with Crippen molar-refractivity contribution in [2.24, 2.45) is 0 Å². The first-order valence-corrected chi connectivity index (χ1v) is 9.62. The highest BCUT2D eigenvalue weighted by molar-refractivity contribution is 7.98. The van der Waals surface area contributed by atoms with Crippen molar-refractivity contribution in [2.75, 3.05) is 45.6 Å². The summed E-state index contributed by atoms with van der Waals surface area (Å²) in [6.07, 6.45) is 7.13. The molecule has 1 amide bonds. The maximum atomic E-state index is 13.1. The van der Waals surface area contributed by atoms with Gasteiger partial charge in [0, 0.05) is 38.4 Å². The normalized spacial score (nSPS) is 23.0. The van der Waals surface area contributed by atoms with Gasteiger partial charge in [-0.2, -0.15) is 0 Å². The molecule has 23 heavy (non-hydrogen) atoms. The van der Waals surface area contributed by atoms with Crippen LogP contribution >= 0.6 is 11.8 Å². The smallest absolute Gasteiger partial charge is 0.256 e. The molecule has 0 aliphatic carbocycles. The van der Waals surface area contributed by atoms with Crippen LogP contribution in [-0.2, 0) is 4.74 Å². The fourth-order valence-corrected chi connectivity index (χ4v) is 3.95. The molecule has 5 nitrogen and oxygen atoms in total. The van der Waals surface area contributed by atoms with Crippen LogP contribution in [0.4, 0.5) is 0 Å². The molecular formula is C17H25N3O2S. The molecule has 6 heteroatoms. The number of aromatic nitrogens is 1. The number of amides is 1. The zero-order valence-electron chi connectivity index (χ0n) is 13.7. The lowest BCUT2D eigenvalue weighted by molar-refractivity contribution is 0.0165. The summed E-state index contributed by atoms with van der Waals surface area (Å²) in [7, 11) is 0. The largest absolute Gasteiger partial charge is 0.379 e. The van der Waals surface area contributed by atoms with E-state index in [9.17, 15) is 4.79 Å². The van der Waals surface area contributed by atoms with Crippen molar-refractivity contribution < 1.29 is 9.53 Å². The van der Waals surface area contributed by atoms with Crippen LogP contribution < -0.4 is 0 Å². The lowest BCUT2D eigenvalue weighted by Crippen LogP contribution is -2.51. The summed E-state index contributed by atoms with van der Waals surface area (Å²) in [6.45, 7) is 5.38. The van der Waals surface area contributed by atoms with Gasteiger partial charge in [0.2, 0.25) is 0 Å². The Morgan fingerprint density at radius 3 is 2.96 bits per heavy atom. The van der Waals surface area contributed by atoms with Gasteiger partial charge in [-0.3, -0.25) is 9.69 Å². The van der Waals surface area contributed by atoms with Gasteiger partial charge in [-0.25, -0.2) is 4.98 Å². The monoisotopic (exact) mass is 335 g/mol. The van der Waals surface area contributed by atoms with E-state index >= 15 is 0 Å². The van der Waals surface area contributed by atoms with Gasteiger partial charge in [0.05, 0.1) is 18.8 Å². The number of carbonyl (C=O) groups is 1. The third-order valence-corrected chi connectivity index (χ3v) is 5.37. The molecule has 1 atom stereocenters. The number of likely N-dealkylation sites (tertiary alicyclic amines) is 1. The second kappa shape index (κ2) is 8.13. The van der Waals surface area contributed by atoms with E-state index in [0.29, 0.717) is 6.04 Å². The first-order chi connectivity index (χ1) is 11.3. The minimum absolute atomic E-state index is 0.139. The molecule has 0 bridgehead atoms. The molecule has 0 saturated carbocycles. The van der Waals surface area contributed by atoms with Crippen molar-refractivity contribution in [1.29, 1.82) is 0 Å². The summed E-state index contributed by atoms with van der Waals surface area (Å²) in [6, 6.07) is 4.07. The summed E-state index contributed by atoms with van der Waals surface area (Å²) < 4.78 is 5.43. The van der Waals surface area contributed by atoms with Crippen LogP contribution in [0.1, 0.15) is 29.6 Å². The average molecular weight is 335 g/mol. The first-order valence-electron chi connectivity index (χ1n) is 8.39. The summed E-state index contributed by atoms with van der Waals surface area (Å²) in [5.41, 5.74) is 0.744. The van der Waals surface area contributed by atoms with Gasteiger partial charge in [0.1, 0.15) is 5.03 Å². The van der Waals surface area contributed by atoms with Crippen LogP contribution in [0, 0.1) is 0 Å². The van der Waals surface area contributed by atoms with Gasteiger partial charge in [0.25, 0.3) is 5.91 Å². The molecule has 1 aromatic rings. The Morgan fingerprint density at radius 1 is 1.35 bits per heavy atom. The SMILES string of the molecule is CSc1ncccc1C(=O)N1CCCC[C@H]1CN1CCOCC1. The van der Waals surface area contributed by atoms with Gasteiger partial charge in [-0.05, 0) is 37.7 Å². The van der Waals surface area contributed by atoms with E-state index in [2.05, 4.69) is 14.8 Å². The Kier molecular flexibility index (Phi) is 5.91. The van der Waals surface area contributed by atoms with E-state index in [1.807, 2.05) is 18.4 Å². The minimum Gasteiger partial charge on any atom is -0.379 e. The number of ether oxygens (including phenoxy) is 1. The Labute approximate surface area is 142 Å². The molecule has 2 saturated heterocycles. The number of rotatable bonds is 4. The van der Waals surface area contributed by atoms with E-state index in [1.165, 1.54) is 18.2 Å². The molecule has 3 rings (SSSR count). The highest BCUT2D eigenvalue weighted by Crippen LogP contribution is 2.24. The van der Waals surface area contributed by atoms with Crippen LogP contribution in [0.5, 0.6) is 0 Å². The number of hydrogen-bond acceptors (Lipinski definition) is 5. The van der Waals surface area contributed by atoms with E-state index in [4.69, 9.17) is 4.74 Å². The number of carbonyl (C=O) groups excluding carboxylic acids is 1. The van der Waals surface area contributed by atoms with Gasteiger partial charge in [-0.1, -0.05) is 0 Å². The molecule has 1 aromatic heterocycles. The molecule has 2 aliphatic rings. The topological polar surface area (TPSA) is 45.7 Å². The van der Waals surface area contributed by atoms with Crippen molar-refractivity contribution in [3.8, 4) is 0 Å². The van der Waals surface area contributed by atoms with Gasteiger partial charge in [-0.15, -0.1) is 11.8 Å². The molecule has 0 aromatic carbocycles. The van der Waals surface area contributed by atoms with E-state index < -0.39 is 0 Å². The van der Waals surface area contributed by atoms with Gasteiger partial charge < -0.3 is 9.64 Å². The summed E-state index contributed by atoms with van der Waals surface area (Å²) in [5.74, 6) is 0.139. The molecule has 0 N–H and O–H groups in total. The number of pyridine rings is 1. The van der Waals surface area contributed by atoms with Crippen molar-refractivity contribution in [3.05, 3.63) is 23.9 Å². The fourth-order valence-electron chi connectivity index (χ4n) is 3.41. The average Bonchev–Trinajstić information content (AvgIpc) is 2.62. The third-order valence-electron chi connectivity index (χ3n) is 4.66. The Balaban J connectivity index is 1.73. The summed E-state index contributed by atoms with van der Waals surface area (Å²) >= 11 is 1.54. The summed E-state index contributed by atoms with van der Waals surface area (Å²) in [4.78, 5) is 21.9. The zero-order valence-corrected chi connectivity index (χ0v) is 14.6. The molecule has 2 aliphatic heterocycles. The maximum absolute atomic E-state index is 13.1. The van der Waals surface area contributed by atoms with Gasteiger partial charge >= 0.3 is 0 Å². The van der Waals surface area contributed by atoms with E-state index in [1.54, 1.807) is 6.20 Å². The summed E-state index contributed by atoms with van der Waals surface area (Å²) in [5, 5.41) is 0.827. The first kappa shape index (κ1) is 16.7. The van der Waals surface area contributed by atoms with Crippen LogP contribution in [-0.4, -0.2) is 72.4 Å². The van der Waals surface area contributed by atoms with E-state index in [0.717, 1.165) is 62.8 Å². The number of hydrogen-bond donors (Lipinski definition) is 0. The second-order valence-corrected chi connectivity index (χ2v) is 6.92. The minimum atomic E-state index is 0.139. The van der Waals surface area contributed by atoms with E-state index in [-0.39, 0.29) is 5.91 Å². The molecule has 0 spiro atoms. The number of thioether (sulfide) groups is 1. The van der Waals surface area contributed by atoms with Crippen molar-refractivity contribution in [2.45, 2.75) is 30.3 Å². The van der Waals surface area contributed by atoms with Crippen molar-refractivity contribution in [1.82, 2.24) is 14.8 Å². The maximum Gasteiger partial charge on any atom is 0.256 e. The van der Waals surface area contributed by atoms with Gasteiger partial charge in [0.15, 0.2) is 0 Å². The third kappa shape index (κ3) is 4.05. The molecule has 3 heterocycles. The predicted molar refractivity (Wildman–Crippen MR) is 92.0 cm³/mol. The highest BCUT2D eigenvalue weighted by Gasteiger charge is 2.30.